The highest BCUT2D eigenvalue weighted by molar-refractivity contribution is 7.84. The molecule has 18 heavy (non-hydrogen) atoms. The molecule has 0 aliphatic carbocycles. The summed E-state index contributed by atoms with van der Waals surface area (Å²) in [6.45, 7) is 2.65. The van der Waals surface area contributed by atoms with Crippen LogP contribution >= 0.6 is 0 Å². The minimum absolute atomic E-state index is 0.152. The Kier molecular flexibility index (Phi) is 5.77. The van der Waals surface area contributed by atoms with Gasteiger partial charge in [0.2, 0.25) is 0 Å². The van der Waals surface area contributed by atoms with Crippen molar-refractivity contribution in [3.8, 4) is 0 Å². The van der Waals surface area contributed by atoms with E-state index in [9.17, 15) is 9.00 Å². The van der Waals surface area contributed by atoms with Crippen LogP contribution in [-0.2, 0) is 15.5 Å². The summed E-state index contributed by atoms with van der Waals surface area (Å²) in [4.78, 5) is 15.2. The van der Waals surface area contributed by atoms with Gasteiger partial charge < -0.3 is 10.1 Å². The van der Waals surface area contributed by atoms with Gasteiger partial charge in [-0.1, -0.05) is 6.92 Å². The van der Waals surface area contributed by atoms with Crippen molar-refractivity contribution in [1.82, 2.24) is 4.98 Å². The van der Waals surface area contributed by atoms with E-state index in [2.05, 4.69) is 15.0 Å². The lowest BCUT2D eigenvalue weighted by Crippen LogP contribution is -2.15. The number of methoxy groups -OCH3 is 1. The Morgan fingerprint density at radius 1 is 1.61 bits per heavy atom. The number of nitrogens with one attached hydrogen (secondary N) is 1. The van der Waals surface area contributed by atoms with Crippen LogP contribution in [0.4, 0.5) is 5.69 Å². The maximum Gasteiger partial charge on any atom is 0.356 e. The maximum atomic E-state index is 11.3. The summed E-state index contributed by atoms with van der Waals surface area (Å²) < 4.78 is 15.8. The number of ether oxygens (including phenoxy) is 1. The number of carbonyl (C=O) groups is 1. The molecule has 1 rings (SSSR count). The molecule has 0 saturated carbocycles. The molecule has 0 spiro atoms. The number of aromatic nitrogens is 1. The largest absolute Gasteiger partial charge is 0.464 e. The fourth-order valence-electron chi connectivity index (χ4n) is 1.34. The van der Waals surface area contributed by atoms with Crippen LogP contribution in [0.2, 0.25) is 0 Å². The fraction of sp³-hybridized carbons (Fsp3) is 0.500. The van der Waals surface area contributed by atoms with E-state index in [1.54, 1.807) is 24.6 Å². The Morgan fingerprint density at radius 3 is 2.94 bits per heavy atom. The Morgan fingerprint density at radius 2 is 2.33 bits per heavy atom. The maximum absolute atomic E-state index is 11.3. The smallest absolute Gasteiger partial charge is 0.356 e. The molecule has 0 aliphatic heterocycles. The molecule has 0 bridgehead atoms. The minimum Gasteiger partial charge on any atom is -0.464 e. The Hall–Kier alpha value is -1.43. The number of hydrogen-bond donors (Lipinski definition) is 1. The standard InChI is InChI=1S/C12H18N2O3S/c1-9(18(3)16)4-6-13-10-5-7-14-11(8-10)12(15)17-2/h5,7-9H,4,6H2,1-3H3,(H,13,14). The van der Waals surface area contributed by atoms with Crippen molar-refractivity contribution in [3.63, 3.8) is 0 Å². The molecular formula is C12H18N2O3S. The average molecular weight is 270 g/mol. The number of pyridine rings is 1. The van der Waals surface area contributed by atoms with E-state index in [0.717, 1.165) is 12.1 Å². The number of anilines is 1. The second kappa shape index (κ2) is 7.10. The quantitative estimate of drug-likeness (QED) is 0.792. The zero-order valence-electron chi connectivity index (χ0n) is 10.8. The summed E-state index contributed by atoms with van der Waals surface area (Å²) in [6, 6.07) is 3.42. The summed E-state index contributed by atoms with van der Waals surface area (Å²) in [5.41, 5.74) is 1.08. The zero-order valence-corrected chi connectivity index (χ0v) is 11.6. The molecule has 2 atom stereocenters. The van der Waals surface area contributed by atoms with Crippen molar-refractivity contribution in [2.45, 2.75) is 18.6 Å². The van der Waals surface area contributed by atoms with Crippen molar-refractivity contribution in [1.29, 1.82) is 0 Å². The van der Waals surface area contributed by atoms with E-state index < -0.39 is 16.8 Å². The number of nitrogens with zero attached hydrogens (tertiary/aromatic N) is 1. The molecule has 0 radical (unpaired) electrons. The van der Waals surface area contributed by atoms with E-state index in [-0.39, 0.29) is 10.9 Å². The lowest BCUT2D eigenvalue weighted by molar-refractivity contribution is 0.0594. The predicted octanol–water partition coefficient (Wildman–Crippen LogP) is 1.44. The molecule has 0 amide bonds. The number of rotatable bonds is 6. The minimum atomic E-state index is -0.808. The van der Waals surface area contributed by atoms with Gasteiger partial charge in [0, 0.05) is 40.7 Å². The highest BCUT2D eigenvalue weighted by Gasteiger charge is 2.08. The van der Waals surface area contributed by atoms with Crippen LogP contribution in [0, 0.1) is 0 Å². The Balaban J connectivity index is 2.53. The first-order valence-electron chi connectivity index (χ1n) is 5.65. The lowest BCUT2D eigenvalue weighted by Gasteiger charge is -2.10. The highest BCUT2D eigenvalue weighted by atomic mass is 32.2. The van der Waals surface area contributed by atoms with Gasteiger partial charge in [-0.3, -0.25) is 4.21 Å². The predicted molar refractivity (Wildman–Crippen MR) is 72.2 cm³/mol. The third kappa shape index (κ3) is 4.44. The molecule has 2 unspecified atom stereocenters. The van der Waals surface area contributed by atoms with Gasteiger partial charge in [0.15, 0.2) is 0 Å². The summed E-state index contributed by atoms with van der Waals surface area (Å²) in [5.74, 6) is -0.457. The van der Waals surface area contributed by atoms with Crippen molar-refractivity contribution in [2.24, 2.45) is 0 Å². The van der Waals surface area contributed by atoms with Crippen LogP contribution in [0.1, 0.15) is 23.8 Å². The Labute approximate surface area is 109 Å². The first-order chi connectivity index (χ1) is 8.54. The van der Waals surface area contributed by atoms with E-state index in [0.29, 0.717) is 6.54 Å². The van der Waals surface area contributed by atoms with Crippen LogP contribution < -0.4 is 5.32 Å². The van der Waals surface area contributed by atoms with Crippen molar-refractivity contribution < 1.29 is 13.7 Å². The number of esters is 1. The van der Waals surface area contributed by atoms with Crippen LogP contribution in [0.5, 0.6) is 0 Å². The molecule has 100 valence electrons. The van der Waals surface area contributed by atoms with Gasteiger partial charge in [-0.2, -0.15) is 0 Å². The van der Waals surface area contributed by atoms with E-state index in [1.165, 1.54) is 7.11 Å². The van der Waals surface area contributed by atoms with Crippen LogP contribution in [0.15, 0.2) is 18.3 Å². The van der Waals surface area contributed by atoms with Crippen LogP contribution in [0.25, 0.3) is 0 Å². The van der Waals surface area contributed by atoms with Gasteiger partial charge >= 0.3 is 5.97 Å². The SMILES string of the molecule is COC(=O)c1cc(NCCC(C)S(C)=O)ccn1. The first-order valence-corrected chi connectivity index (χ1v) is 7.27. The number of hydrogen-bond acceptors (Lipinski definition) is 5. The molecule has 1 heterocycles. The zero-order chi connectivity index (χ0) is 13.5. The lowest BCUT2D eigenvalue weighted by atomic mass is 10.3. The van der Waals surface area contributed by atoms with Gasteiger partial charge in [0.1, 0.15) is 5.69 Å². The third-order valence-corrected chi connectivity index (χ3v) is 3.97. The molecule has 0 aromatic carbocycles. The molecular weight excluding hydrogens is 252 g/mol. The molecule has 6 heteroatoms. The molecule has 0 saturated heterocycles. The topological polar surface area (TPSA) is 68.3 Å². The first kappa shape index (κ1) is 14.6. The molecule has 1 aromatic heterocycles. The summed E-state index contributed by atoms with van der Waals surface area (Å²) >= 11 is 0. The average Bonchev–Trinajstić information content (AvgIpc) is 2.37. The normalized spacial score (nSPS) is 13.7. The van der Waals surface area contributed by atoms with Gasteiger partial charge in [-0.25, -0.2) is 9.78 Å². The third-order valence-electron chi connectivity index (χ3n) is 2.60. The fourth-order valence-corrected chi connectivity index (χ4v) is 1.79. The second-order valence-electron chi connectivity index (χ2n) is 3.95. The highest BCUT2D eigenvalue weighted by Crippen LogP contribution is 2.09. The summed E-state index contributed by atoms with van der Waals surface area (Å²) in [6.07, 6.45) is 4.06. The van der Waals surface area contributed by atoms with E-state index >= 15 is 0 Å². The molecule has 5 nitrogen and oxygen atoms in total. The summed E-state index contributed by atoms with van der Waals surface area (Å²) in [5, 5.41) is 3.32. The van der Waals surface area contributed by atoms with Crippen molar-refractivity contribution in [3.05, 3.63) is 24.0 Å². The van der Waals surface area contributed by atoms with Crippen molar-refractivity contribution in [2.75, 3.05) is 25.2 Å². The molecule has 1 N–H and O–H groups in total. The summed E-state index contributed by atoms with van der Waals surface area (Å²) in [7, 11) is 0.514. The monoisotopic (exact) mass is 270 g/mol. The van der Waals surface area contributed by atoms with Gasteiger partial charge in [0.05, 0.1) is 7.11 Å². The van der Waals surface area contributed by atoms with Crippen molar-refractivity contribution >= 4 is 22.5 Å². The van der Waals surface area contributed by atoms with Gasteiger partial charge in [-0.15, -0.1) is 0 Å². The Bertz CT molecular complexity index is 437. The van der Waals surface area contributed by atoms with Crippen LogP contribution in [-0.4, -0.2) is 40.3 Å². The van der Waals surface area contributed by atoms with E-state index in [4.69, 9.17) is 0 Å². The van der Waals surface area contributed by atoms with E-state index in [1.807, 2.05) is 6.92 Å². The van der Waals surface area contributed by atoms with Gasteiger partial charge in [-0.05, 0) is 18.6 Å². The second-order valence-corrected chi connectivity index (χ2v) is 5.75. The number of carbonyl (C=O) groups excluding carboxylic acids is 1. The molecule has 1 aromatic rings. The van der Waals surface area contributed by atoms with Gasteiger partial charge in [0.25, 0.3) is 0 Å². The van der Waals surface area contributed by atoms with Crippen LogP contribution in [0.3, 0.4) is 0 Å². The molecule has 0 fully saturated rings. The molecule has 0 aliphatic rings.